The van der Waals surface area contributed by atoms with E-state index in [0.29, 0.717) is 12.5 Å². The van der Waals surface area contributed by atoms with Crippen LogP contribution in [0.1, 0.15) is 16.6 Å². The lowest BCUT2D eigenvalue weighted by Gasteiger charge is -2.11. The normalized spacial score (nSPS) is 12.5. The Morgan fingerprint density at radius 3 is 2.87 bits per heavy atom. The molecule has 0 aliphatic heterocycles. The Morgan fingerprint density at radius 2 is 2.33 bits per heavy atom. The highest BCUT2D eigenvalue weighted by Crippen LogP contribution is 2.22. The topological polar surface area (TPSA) is 41.1 Å². The van der Waals surface area contributed by atoms with Gasteiger partial charge in [0, 0.05) is 11.0 Å². The molecule has 0 radical (unpaired) electrons. The lowest BCUT2D eigenvalue weighted by Crippen LogP contribution is -2.31. The van der Waals surface area contributed by atoms with Crippen LogP contribution >= 0.6 is 27.3 Å². The Morgan fingerprint density at radius 1 is 1.60 bits per heavy atom. The molecule has 0 fully saturated rings. The maximum atomic E-state index is 11.7. The predicted molar refractivity (Wildman–Crippen MR) is 67.4 cm³/mol. The van der Waals surface area contributed by atoms with Gasteiger partial charge in [0.1, 0.15) is 4.88 Å². The number of hydrogen-bond donors (Lipinski definition) is 2. The van der Waals surface area contributed by atoms with Crippen LogP contribution in [0.4, 0.5) is 0 Å². The molecule has 5 heteroatoms. The molecule has 1 amide bonds. The highest BCUT2D eigenvalue weighted by molar-refractivity contribution is 9.10. The SMILES string of the molecule is CNCC(C)CNC(=O)c1sccc1Br. The van der Waals surface area contributed by atoms with Crippen LogP contribution in [0.3, 0.4) is 0 Å². The molecule has 0 aliphatic rings. The summed E-state index contributed by atoms with van der Waals surface area (Å²) in [6.07, 6.45) is 0. The van der Waals surface area contributed by atoms with E-state index in [-0.39, 0.29) is 5.91 Å². The first-order valence-corrected chi connectivity index (χ1v) is 6.48. The van der Waals surface area contributed by atoms with Crippen molar-refractivity contribution in [1.82, 2.24) is 10.6 Å². The van der Waals surface area contributed by atoms with Crippen molar-refractivity contribution in [3.8, 4) is 0 Å². The van der Waals surface area contributed by atoms with Crippen molar-refractivity contribution >= 4 is 33.2 Å². The molecule has 0 aliphatic carbocycles. The third-order valence-corrected chi connectivity index (χ3v) is 3.82. The van der Waals surface area contributed by atoms with Crippen molar-refractivity contribution in [2.75, 3.05) is 20.1 Å². The van der Waals surface area contributed by atoms with Gasteiger partial charge < -0.3 is 10.6 Å². The smallest absolute Gasteiger partial charge is 0.262 e. The maximum Gasteiger partial charge on any atom is 0.262 e. The average molecular weight is 291 g/mol. The molecule has 1 aromatic rings. The Kier molecular flexibility index (Phi) is 5.28. The van der Waals surface area contributed by atoms with E-state index in [1.807, 2.05) is 18.5 Å². The molecule has 1 rings (SSSR count). The maximum absolute atomic E-state index is 11.7. The molecule has 1 heterocycles. The molecule has 84 valence electrons. The fourth-order valence-corrected chi connectivity index (χ4v) is 2.69. The van der Waals surface area contributed by atoms with Gasteiger partial charge in [-0.25, -0.2) is 0 Å². The van der Waals surface area contributed by atoms with E-state index in [0.717, 1.165) is 15.9 Å². The van der Waals surface area contributed by atoms with Gasteiger partial charge >= 0.3 is 0 Å². The van der Waals surface area contributed by atoms with Crippen LogP contribution in [0, 0.1) is 5.92 Å². The zero-order chi connectivity index (χ0) is 11.3. The third kappa shape index (κ3) is 3.93. The molecule has 0 saturated heterocycles. The van der Waals surface area contributed by atoms with Gasteiger partial charge in [-0.3, -0.25) is 4.79 Å². The number of thiophene rings is 1. The van der Waals surface area contributed by atoms with Crippen molar-refractivity contribution in [2.45, 2.75) is 6.92 Å². The van der Waals surface area contributed by atoms with Crippen LogP contribution in [0.15, 0.2) is 15.9 Å². The highest BCUT2D eigenvalue weighted by Gasteiger charge is 2.11. The van der Waals surface area contributed by atoms with Crippen molar-refractivity contribution < 1.29 is 4.79 Å². The van der Waals surface area contributed by atoms with Crippen molar-refractivity contribution in [3.63, 3.8) is 0 Å². The lowest BCUT2D eigenvalue weighted by atomic mass is 10.2. The lowest BCUT2D eigenvalue weighted by molar-refractivity contribution is 0.0951. The average Bonchev–Trinajstić information content (AvgIpc) is 2.61. The Labute approximate surface area is 102 Å². The fraction of sp³-hybridized carbons (Fsp3) is 0.500. The largest absolute Gasteiger partial charge is 0.351 e. The van der Waals surface area contributed by atoms with Gasteiger partial charge in [-0.05, 0) is 46.9 Å². The third-order valence-electron chi connectivity index (χ3n) is 1.99. The summed E-state index contributed by atoms with van der Waals surface area (Å²) in [5.74, 6) is 0.442. The van der Waals surface area contributed by atoms with E-state index in [1.54, 1.807) is 0 Å². The summed E-state index contributed by atoms with van der Waals surface area (Å²) >= 11 is 4.79. The van der Waals surface area contributed by atoms with Crippen LogP contribution in [0.25, 0.3) is 0 Å². The molecule has 3 nitrogen and oxygen atoms in total. The van der Waals surface area contributed by atoms with Crippen LogP contribution < -0.4 is 10.6 Å². The highest BCUT2D eigenvalue weighted by atomic mass is 79.9. The number of halogens is 1. The van der Waals surface area contributed by atoms with Crippen LogP contribution in [0.5, 0.6) is 0 Å². The second-order valence-corrected chi connectivity index (χ2v) is 5.24. The summed E-state index contributed by atoms with van der Waals surface area (Å²) in [6.45, 7) is 3.70. The number of carbonyl (C=O) groups excluding carboxylic acids is 1. The summed E-state index contributed by atoms with van der Waals surface area (Å²) in [7, 11) is 1.91. The van der Waals surface area contributed by atoms with E-state index < -0.39 is 0 Å². The summed E-state index contributed by atoms with van der Waals surface area (Å²) in [6, 6.07) is 1.89. The molecule has 0 aromatic carbocycles. The molecule has 0 bridgehead atoms. The first-order chi connectivity index (χ1) is 7.15. The number of carbonyl (C=O) groups is 1. The molecule has 2 N–H and O–H groups in total. The van der Waals surface area contributed by atoms with E-state index in [9.17, 15) is 4.79 Å². The van der Waals surface area contributed by atoms with Crippen LogP contribution in [0.2, 0.25) is 0 Å². The first-order valence-electron chi connectivity index (χ1n) is 4.81. The van der Waals surface area contributed by atoms with Crippen LogP contribution in [-0.2, 0) is 0 Å². The summed E-state index contributed by atoms with van der Waals surface area (Å²) in [5.41, 5.74) is 0. The Balaban J connectivity index is 2.40. The summed E-state index contributed by atoms with van der Waals surface area (Å²) < 4.78 is 0.867. The van der Waals surface area contributed by atoms with Gasteiger partial charge in [-0.15, -0.1) is 11.3 Å². The van der Waals surface area contributed by atoms with Crippen molar-refractivity contribution in [2.24, 2.45) is 5.92 Å². The van der Waals surface area contributed by atoms with E-state index >= 15 is 0 Å². The Hall–Kier alpha value is -0.390. The number of rotatable bonds is 5. The van der Waals surface area contributed by atoms with Crippen LogP contribution in [-0.4, -0.2) is 26.0 Å². The van der Waals surface area contributed by atoms with E-state index in [4.69, 9.17) is 0 Å². The minimum atomic E-state index is -0.000159. The Bertz CT molecular complexity index is 327. The number of nitrogens with one attached hydrogen (secondary N) is 2. The quantitative estimate of drug-likeness (QED) is 0.872. The van der Waals surface area contributed by atoms with Gasteiger partial charge in [0.2, 0.25) is 0 Å². The van der Waals surface area contributed by atoms with Gasteiger partial charge in [0.15, 0.2) is 0 Å². The minimum Gasteiger partial charge on any atom is -0.351 e. The molecule has 0 saturated carbocycles. The van der Waals surface area contributed by atoms with Crippen molar-refractivity contribution in [1.29, 1.82) is 0 Å². The van der Waals surface area contributed by atoms with E-state index in [1.165, 1.54) is 11.3 Å². The molecule has 15 heavy (non-hydrogen) atoms. The van der Waals surface area contributed by atoms with Gasteiger partial charge in [0.05, 0.1) is 0 Å². The summed E-state index contributed by atoms with van der Waals surface area (Å²) in [5, 5.41) is 7.89. The number of amides is 1. The fourth-order valence-electron chi connectivity index (χ4n) is 1.22. The molecular weight excluding hydrogens is 276 g/mol. The minimum absolute atomic E-state index is 0.000159. The molecule has 1 aromatic heterocycles. The van der Waals surface area contributed by atoms with Gasteiger partial charge in [0.25, 0.3) is 5.91 Å². The predicted octanol–water partition coefficient (Wildman–Crippen LogP) is 2.10. The molecule has 1 unspecified atom stereocenters. The molecule has 1 atom stereocenters. The van der Waals surface area contributed by atoms with Gasteiger partial charge in [-0.1, -0.05) is 6.92 Å². The summed E-state index contributed by atoms with van der Waals surface area (Å²) in [4.78, 5) is 12.4. The van der Waals surface area contributed by atoms with Gasteiger partial charge in [-0.2, -0.15) is 0 Å². The second-order valence-electron chi connectivity index (χ2n) is 3.47. The zero-order valence-corrected chi connectivity index (χ0v) is 11.2. The monoisotopic (exact) mass is 290 g/mol. The zero-order valence-electron chi connectivity index (χ0n) is 8.84. The second kappa shape index (κ2) is 6.25. The molecular formula is C10H15BrN2OS. The number of hydrogen-bond acceptors (Lipinski definition) is 3. The van der Waals surface area contributed by atoms with Crippen molar-refractivity contribution in [3.05, 3.63) is 20.8 Å². The first kappa shape index (κ1) is 12.7. The molecule has 0 spiro atoms. The van der Waals surface area contributed by atoms with E-state index in [2.05, 4.69) is 33.5 Å². The standard InChI is InChI=1S/C10H15BrN2OS/c1-7(5-12-2)6-13-10(14)9-8(11)3-4-15-9/h3-4,7,12H,5-6H2,1-2H3,(H,13,14).